The SMILES string of the molecule is CN(C)c1nc(N[C@H]2CC[C@@H](CNC(=O)c3cc([N+](=O)[O-])cc([N+](=O)[O-])c3)CC2)nc2ccccc12. The Bertz CT molecular complexity index is 1270. The molecule has 3 aromatic rings. The van der Waals surface area contributed by atoms with Gasteiger partial charge in [0, 0.05) is 44.2 Å². The van der Waals surface area contributed by atoms with E-state index in [1.54, 1.807) is 0 Å². The lowest BCUT2D eigenvalue weighted by Gasteiger charge is -2.29. The molecule has 1 fully saturated rings. The van der Waals surface area contributed by atoms with Gasteiger partial charge < -0.3 is 15.5 Å². The van der Waals surface area contributed by atoms with Crippen LogP contribution < -0.4 is 15.5 Å². The van der Waals surface area contributed by atoms with Gasteiger partial charge in [-0.1, -0.05) is 12.1 Å². The molecular formula is C24H27N7O5. The van der Waals surface area contributed by atoms with Crippen LogP contribution in [0.4, 0.5) is 23.1 Å². The van der Waals surface area contributed by atoms with Crippen molar-refractivity contribution >= 4 is 40.0 Å². The number of hydrogen-bond donors (Lipinski definition) is 2. The molecule has 1 amide bonds. The summed E-state index contributed by atoms with van der Waals surface area (Å²) in [7, 11) is 3.90. The second kappa shape index (κ2) is 10.5. The quantitative estimate of drug-likeness (QED) is 0.351. The van der Waals surface area contributed by atoms with Crippen molar-refractivity contribution in [1.82, 2.24) is 15.3 Å². The molecule has 0 atom stereocenters. The van der Waals surface area contributed by atoms with Gasteiger partial charge in [-0.2, -0.15) is 4.98 Å². The lowest BCUT2D eigenvalue weighted by atomic mass is 9.86. The molecule has 36 heavy (non-hydrogen) atoms. The Hall–Kier alpha value is -4.35. The number of carbonyl (C=O) groups is 1. The minimum atomic E-state index is -0.751. The van der Waals surface area contributed by atoms with Crippen LogP contribution in [-0.2, 0) is 0 Å². The van der Waals surface area contributed by atoms with E-state index in [4.69, 9.17) is 4.98 Å². The molecule has 12 nitrogen and oxygen atoms in total. The van der Waals surface area contributed by atoms with E-state index in [1.807, 2.05) is 43.3 Å². The molecule has 1 saturated carbocycles. The minimum absolute atomic E-state index is 0.101. The molecule has 2 N–H and O–H groups in total. The molecule has 1 heterocycles. The standard InChI is InChI=1S/C24H27N7O5/c1-29(2)22-20-5-3-4-6-21(20)27-24(28-22)26-17-9-7-15(8-10-17)14-25-23(32)16-11-18(30(33)34)13-19(12-16)31(35)36/h3-6,11-13,15,17H,7-10,14H2,1-2H3,(H,25,32)(H,26,27,28)/t15-,17+. The fourth-order valence-corrected chi connectivity index (χ4v) is 4.43. The normalized spacial score (nSPS) is 17.4. The number of nitro benzene ring substituents is 2. The Labute approximate surface area is 207 Å². The Kier molecular flexibility index (Phi) is 7.23. The number of benzene rings is 2. The van der Waals surface area contributed by atoms with Gasteiger partial charge in [-0.05, 0) is 43.7 Å². The summed E-state index contributed by atoms with van der Waals surface area (Å²) in [6.07, 6.45) is 3.47. The van der Waals surface area contributed by atoms with E-state index in [-0.39, 0.29) is 17.5 Å². The number of non-ortho nitro benzene ring substituents is 2. The molecule has 0 unspecified atom stereocenters. The molecular weight excluding hydrogens is 466 g/mol. The van der Waals surface area contributed by atoms with Crippen molar-refractivity contribution in [2.75, 3.05) is 30.9 Å². The second-order valence-corrected chi connectivity index (χ2v) is 9.11. The van der Waals surface area contributed by atoms with E-state index in [9.17, 15) is 25.0 Å². The molecule has 0 aliphatic heterocycles. The Morgan fingerprint density at radius 2 is 1.64 bits per heavy atom. The number of rotatable bonds is 8. The van der Waals surface area contributed by atoms with E-state index in [2.05, 4.69) is 15.6 Å². The maximum atomic E-state index is 12.5. The van der Waals surface area contributed by atoms with Gasteiger partial charge in [0.1, 0.15) is 5.82 Å². The first-order valence-electron chi connectivity index (χ1n) is 11.6. The topological polar surface area (TPSA) is 156 Å². The number of fused-ring (bicyclic) bond motifs is 1. The van der Waals surface area contributed by atoms with Gasteiger partial charge in [0.15, 0.2) is 0 Å². The van der Waals surface area contributed by atoms with Crippen molar-refractivity contribution in [3.63, 3.8) is 0 Å². The van der Waals surface area contributed by atoms with E-state index < -0.39 is 27.1 Å². The molecule has 0 bridgehead atoms. The summed E-state index contributed by atoms with van der Waals surface area (Å²) in [5.41, 5.74) is -0.212. The molecule has 2 aromatic carbocycles. The number of nitro groups is 2. The van der Waals surface area contributed by atoms with Crippen LogP contribution in [0.2, 0.25) is 0 Å². The predicted molar refractivity (Wildman–Crippen MR) is 135 cm³/mol. The first-order chi connectivity index (χ1) is 17.2. The van der Waals surface area contributed by atoms with Gasteiger partial charge in [-0.3, -0.25) is 25.0 Å². The third-order valence-electron chi connectivity index (χ3n) is 6.32. The van der Waals surface area contributed by atoms with Gasteiger partial charge in [-0.15, -0.1) is 0 Å². The summed E-state index contributed by atoms with van der Waals surface area (Å²) in [6.45, 7) is 0.388. The molecule has 12 heteroatoms. The van der Waals surface area contributed by atoms with Crippen molar-refractivity contribution in [2.45, 2.75) is 31.7 Å². The van der Waals surface area contributed by atoms with Gasteiger partial charge in [0.2, 0.25) is 5.95 Å². The number of carbonyl (C=O) groups excluding carboxylic acids is 1. The van der Waals surface area contributed by atoms with Gasteiger partial charge in [0.05, 0.1) is 27.0 Å². The maximum Gasteiger partial charge on any atom is 0.277 e. The molecule has 0 saturated heterocycles. The highest BCUT2D eigenvalue weighted by atomic mass is 16.6. The maximum absolute atomic E-state index is 12.5. The first kappa shape index (κ1) is 24.8. The molecule has 0 spiro atoms. The van der Waals surface area contributed by atoms with Crippen LogP contribution in [0.5, 0.6) is 0 Å². The van der Waals surface area contributed by atoms with Crippen LogP contribution in [-0.4, -0.2) is 52.4 Å². The summed E-state index contributed by atoms with van der Waals surface area (Å²) >= 11 is 0. The second-order valence-electron chi connectivity index (χ2n) is 9.11. The highest BCUT2D eigenvalue weighted by Gasteiger charge is 2.24. The number of para-hydroxylation sites is 1. The summed E-state index contributed by atoms with van der Waals surface area (Å²) in [5, 5.41) is 29.3. The lowest BCUT2D eigenvalue weighted by Crippen LogP contribution is -2.34. The van der Waals surface area contributed by atoms with Crippen LogP contribution in [0.3, 0.4) is 0 Å². The summed E-state index contributed by atoms with van der Waals surface area (Å²) in [4.78, 5) is 44.5. The summed E-state index contributed by atoms with van der Waals surface area (Å²) in [5.74, 6) is 1.10. The van der Waals surface area contributed by atoms with E-state index in [0.29, 0.717) is 12.5 Å². The van der Waals surface area contributed by atoms with E-state index in [0.717, 1.165) is 60.6 Å². The van der Waals surface area contributed by atoms with Gasteiger partial charge >= 0.3 is 0 Å². The average molecular weight is 494 g/mol. The Morgan fingerprint density at radius 3 is 2.25 bits per heavy atom. The van der Waals surface area contributed by atoms with Crippen LogP contribution in [0.1, 0.15) is 36.0 Å². The van der Waals surface area contributed by atoms with Gasteiger partial charge in [0.25, 0.3) is 17.3 Å². The average Bonchev–Trinajstić information content (AvgIpc) is 2.87. The monoisotopic (exact) mass is 493 g/mol. The smallest absolute Gasteiger partial charge is 0.277 e. The van der Waals surface area contributed by atoms with Crippen molar-refractivity contribution in [3.05, 3.63) is 68.3 Å². The molecule has 0 radical (unpaired) electrons. The summed E-state index contributed by atoms with van der Waals surface area (Å²) < 4.78 is 0. The van der Waals surface area contributed by atoms with E-state index in [1.165, 1.54) is 0 Å². The van der Waals surface area contributed by atoms with Crippen molar-refractivity contribution < 1.29 is 14.6 Å². The fourth-order valence-electron chi connectivity index (χ4n) is 4.43. The number of nitrogens with one attached hydrogen (secondary N) is 2. The van der Waals surface area contributed by atoms with Crippen LogP contribution in [0.25, 0.3) is 10.9 Å². The zero-order valence-corrected chi connectivity index (χ0v) is 20.0. The van der Waals surface area contributed by atoms with E-state index >= 15 is 0 Å². The van der Waals surface area contributed by atoms with Crippen LogP contribution in [0.15, 0.2) is 42.5 Å². The Balaban J connectivity index is 1.34. The first-order valence-corrected chi connectivity index (χ1v) is 11.6. The Morgan fingerprint density at radius 1 is 1.00 bits per heavy atom. The van der Waals surface area contributed by atoms with Crippen molar-refractivity contribution in [3.8, 4) is 0 Å². The van der Waals surface area contributed by atoms with Crippen LogP contribution >= 0.6 is 0 Å². The zero-order chi connectivity index (χ0) is 25.8. The number of amides is 1. The molecule has 4 rings (SSSR count). The van der Waals surface area contributed by atoms with Crippen LogP contribution in [0, 0.1) is 26.1 Å². The van der Waals surface area contributed by atoms with Crippen molar-refractivity contribution in [2.24, 2.45) is 5.92 Å². The highest BCUT2D eigenvalue weighted by molar-refractivity contribution is 5.95. The number of nitrogens with zero attached hydrogens (tertiary/aromatic N) is 5. The van der Waals surface area contributed by atoms with Crippen molar-refractivity contribution in [1.29, 1.82) is 0 Å². The molecule has 1 aliphatic carbocycles. The number of anilines is 2. The largest absolute Gasteiger partial charge is 0.362 e. The third kappa shape index (κ3) is 5.65. The predicted octanol–water partition coefficient (Wildman–Crippen LogP) is 3.91. The number of aromatic nitrogens is 2. The highest BCUT2D eigenvalue weighted by Crippen LogP contribution is 2.28. The molecule has 1 aromatic heterocycles. The minimum Gasteiger partial charge on any atom is -0.362 e. The fraction of sp³-hybridized carbons (Fsp3) is 0.375. The number of hydrogen-bond acceptors (Lipinski definition) is 9. The molecule has 1 aliphatic rings. The molecule has 188 valence electrons. The lowest BCUT2D eigenvalue weighted by molar-refractivity contribution is -0.394. The van der Waals surface area contributed by atoms with Gasteiger partial charge in [-0.25, -0.2) is 4.98 Å². The third-order valence-corrected chi connectivity index (χ3v) is 6.32. The summed E-state index contributed by atoms with van der Waals surface area (Å²) in [6, 6.07) is 11.0. The zero-order valence-electron chi connectivity index (χ0n) is 20.0.